The Morgan fingerprint density at radius 1 is 1.32 bits per heavy atom. The minimum Gasteiger partial charge on any atom is -0.343 e. The lowest BCUT2D eigenvalue weighted by atomic mass is 9.77. The van der Waals surface area contributed by atoms with Crippen molar-refractivity contribution in [2.75, 3.05) is 20.1 Å². The molecule has 0 aliphatic carbocycles. The van der Waals surface area contributed by atoms with E-state index in [1.165, 1.54) is 0 Å². The highest BCUT2D eigenvalue weighted by molar-refractivity contribution is 5.86. The van der Waals surface area contributed by atoms with Gasteiger partial charge >= 0.3 is 0 Å². The number of carbonyl (C=O) groups excluding carboxylic acids is 1. The van der Waals surface area contributed by atoms with Gasteiger partial charge in [-0.1, -0.05) is 27.7 Å². The molecule has 112 valence electrons. The Labute approximate surface area is 118 Å². The molecule has 0 saturated carbocycles. The van der Waals surface area contributed by atoms with E-state index in [2.05, 4.69) is 32.6 Å². The van der Waals surface area contributed by atoms with Crippen molar-refractivity contribution in [2.24, 2.45) is 11.1 Å². The van der Waals surface area contributed by atoms with E-state index in [-0.39, 0.29) is 23.4 Å². The second-order valence-corrected chi connectivity index (χ2v) is 7.36. The third-order valence-corrected chi connectivity index (χ3v) is 4.36. The van der Waals surface area contributed by atoms with Crippen LogP contribution < -0.4 is 5.73 Å². The maximum atomic E-state index is 12.4. The monoisotopic (exact) mass is 269 g/mol. The van der Waals surface area contributed by atoms with Crippen LogP contribution in [0.3, 0.4) is 0 Å². The molecule has 0 aromatic carbocycles. The van der Waals surface area contributed by atoms with Gasteiger partial charge in [0.25, 0.3) is 0 Å². The summed E-state index contributed by atoms with van der Waals surface area (Å²) in [5, 5.41) is 0. The van der Waals surface area contributed by atoms with E-state index in [1.54, 1.807) is 0 Å². The predicted molar refractivity (Wildman–Crippen MR) is 79.9 cm³/mol. The Kier molecular flexibility index (Phi) is 4.68. The number of likely N-dealkylation sites (N-methyl/N-ethyl adjacent to an activating group) is 1. The first-order valence-corrected chi connectivity index (χ1v) is 7.31. The van der Waals surface area contributed by atoms with E-state index in [9.17, 15) is 4.79 Å². The topological polar surface area (TPSA) is 49.6 Å². The van der Waals surface area contributed by atoms with E-state index >= 15 is 0 Å². The summed E-state index contributed by atoms with van der Waals surface area (Å²) in [4.78, 5) is 16.6. The molecule has 2 atom stereocenters. The summed E-state index contributed by atoms with van der Waals surface area (Å²) in [7, 11) is 1.88. The molecule has 2 unspecified atom stereocenters. The third kappa shape index (κ3) is 3.11. The third-order valence-electron chi connectivity index (χ3n) is 4.36. The number of piperazine rings is 1. The van der Waals surface area contributed by atoms with E-state index < -0.39 is 5.54 Å². The first-order chi connectivity index (χ1) is 8.53. The Morgan fingerprint density at radius 2 is 1.84 bits per heavy atom. The molecule has 1 fully saturated rings. The van der Waals surface area contributed by atoms with Crippen LogP contribution in [-0.2, 0) is 4.79 Å². The molecule has 1 amide bonds. The highest BCUT2D eigenvalue weighted by Gasteiger charge is 2.47. The molecule has 1 heterocycles. The second kappa shape index (κ2) is 5.41. The number of hydrogen-bond acceptors (Lipinski definition) is 3. The molecule has 2 N–H and O–H groups in total. The van der Waals surface area contributed by atoms with E-state index in [0.717, 1.165) is 19.5 Å². The van der Waals surface area contributed by atoms with Gasteiger partial charge in [-0.25, -0.2) is 0 Å². The number of nitrogens with two attached hydrogens (primary N) is 1. The minimum atomic E-state index is -0.474. The number of rotatable bonds is 3. The fraction of sp³-hybridized carbons (Fsp3) is 0.933. The molecular weight excluding hydrogens is 238 g/mol. The average molecular weight is 269 g/mol. The second-order valence-electron chi connectivity index (χ2n) is 7.36. The maximum absolute atomic E-state index is 12.4. The van der Waals surface area contributed by atoms with Gasteiger partial charge < -0.3 is 10.6 Å². The van der Waals surface area contributed by atoms with Crippen LogP contribution in [0.4, 0.5) is 0 Å². The molecule has 1 aliphatic heterocycles. The van der Waals surface area contributed by atoms with Crippen LogP contribution in [-0.4, -0.2) is 53.5 Å². The minimum absolute atomic E-state index is 0.0584. The normalized spacial score (nSPS) is 24.4. The summed E-state index contributed by atoms with van der Waals surface area (Å²) in [6.45, 7) is 14.5. The Morgan fingerprint density at radius 3 is 2.26 bits per heavy atom. The summed E-state index contributed by atoms with van der Waals surface area (Å²) >= 11 is 0. The van der Waals surface area contributed by atoms with Gasteiger partial charge in [-0.15, -0.1) is 0 Å². The first kappa shape index (κ1) is 16.4. The molecule has 4 heteroatoms. The van der Waals surface area contributed by atoms with E-state index in [1.807, 2.05) is 25.8 Å². The van der Waals surface area contributed by atoms with Crippen LogP contribution in [0.5, 0.6) is 0 Å². The van der Waals surface area contributed by atoms with Gasteiger partial charge in [0, 0.05) is 32.2 Å². The molecule has 0 bridgehead atoms. The van der Waals surface area contributed by atoms with Crippen molar-refractivity contribution in [1.29, 1.82) is 0 Å². The zero-order valence-corrected chi connectivity index (χ0v) is 13.7. The van der Waals surface area contributed by atoms with Crippen molar-refractivity contribution in [2.45, 2.75) is 65.6 Å². The Bertz CT molecular complexity index is 333. The average Bonchev–Trinajstić information content (AvgIpc) is 2.28. The number of amides is 1. The SMILES string of the molecule is CCC(N)C(N1CCN(C)C(=O)C1(C)C)C(C)(C)C. The molecule has 0 aromatic heterocycles. The number of carbonyl (C=O) groups is 1. The van der Waals surface area contributed by atoms with Crippen LogP contribution in [0.1, 0.15) is 48.0 Å². The molecule has 0 radical (unpaired) electrons. The maximum Gasteiger partial charge on any atom is 0.242 e. The summed E-state index contributed by atoms with van der Waals surface area (Å²) in [6.07, 6.45) is 0.929. The molecule has 0 aromatic rings. The molecule has 1 rings (SSSR count). The lowest BCUT2D eigenvalue weighted by Gasteiger charge is -2.53. The van der Waals surface area contributed by atoms with Crippen molar-refractivity contribution in [3.63, 3.8) is 0 Å². The van der Waals surface area contributed by atoms with Crippen molar-refractivity contribution in [3.8, 4) is 0 Å². The van der Waals surface area contributed by atoms with Gasteiger partial charge in [0.1, 0.15) is 0 Å². The number of hydrogen-bond donors (Lipinski definition) is 1. The lowest BCUT2D eigenvalue weighted by molar-refractivity contribution is -0.152. The van der Waals surface area contributed by atoms with Gasteiger partial charge in [-0.2, -0.15) is 0 Å². The van der Waals surface area contributed by atoms with Gasteiger partial charge in [-0.3, -0.25) is 9.69 Å². The van der Waals surface area contributed by atoms with Gasteiger partial charge in [0.2, 0.25) is 5.91 Å². The van der Waals surface area contributed by atoms with Crippen molar-refractivity contribution >= 4 is 5.91 Å². The zero-order chi connectivity index (χ0) is 15.0. The van der Waals surface area contributed by atoms with Crippen LogP contribution in [0.15, 0.2) is 0 Å². The van der Waals surface area contributed by atoms with Crippen molar-refractivity contribution < 1.29 is 4.79 Å². The smallest absolute Gasteiger partial charge is 0.242 e. The zero-order valence-electron chi connectivity index (χ0n) is 13.7. The Balaban J connectivity index is 3.12. The quantitative estimate of drug-likeness (QED) is 0.848. The highest BCUT2D eigenvalue weighted by Crippen LogP contribution is 2.34. The standard InChI is InChI=1S/C15H31N3O/c1-8-11(16)12(14(2,3)4)18-10-9-17(7)13(19)15(18,5)6/h11-12H,8-10,16H2,1-7H3. The molecule has 1 saturated heterocycles. The van der Waals surface area contributed by atoms with Gasteiger partial charge in [0.05, 0.1) is 5.54 Å². The Hall–Kier alpha value is -0.610. The summed E-state index contributed by atoms with van der Waals surface area (Å²) in [6, 6.07) is 0.306. The fourth-order valence-electron chi connectivity index (χ4n) is 3.28. The molecule has 4 nitrogen and oxygen atoms in total. The fourth-order valence-corrected chi connectivity index (χ4v) is 3.28. The molecule has 19 heavy (non-hydrogen) atoms. The van der Waals surface area contributed by atoms with Crippen LogP contribution in [0.2, 0.25) is 0 Å². The van der Waals surface area contributed by atoms with Gasteiger partial charge in [0.15, 0.2) is 0 Å². The van der Waals surface area contributed by atoms with E-state index in [4.69, 9.17) is 5.73 Å². The summed E-state index contributed by atoms with van der Waals surface area (Å²) in [5.41, 5.74) is 5.95. The van der Waals surface area contributed by atoms with Gasteiger partial charge in [-0.05, 0) is 25.7 Å². The van der Waals surface area contributed by atoms with Crippen molar-refractivity contribution in [1.82, 2.24) is 9.80 Å². The van der Waals surface area contributed by atoms with Crippen LogP contribution in [0.25, 0.3) is 0 Å². The highest BCUT2D eigenvalue weighted by atomic mass is 16.2. The summed E-state index contributed by atoms with van der Waals surface area (Å²) < 4.78 is 0. The number of nitrogens with zero attached hydrogens (tertiary/aromatic N) is 2. The lowest BCUT2D eigenvalue weighted by Crippen LogP contribution is -2.69. The molecular formula is C15H31N3O. The molecule has 0 spiro atoms. The first-order valence-electron chi connectivity index (χ1n) is 7.31. The van der Waals surface area contributed by atoms with Crippen LogP contribution in [0, 0.1) is 5.41 Å². The van der Waals surface area contributed by atoms with Crippen molar-refractivity contribution in [3.05, 3.63) is 0 Å². The summed E-state index contributed by atoms with van der Waals surface area (Å²) in [5.74, 6) is 0.191. The largest absolute Gasteiger partial charge is 0.343 e. The molecule has 1 aliphatic rings. The van der Waals surface area contributed by atoms with Crippen LogP contribution >= 0.6 is 0 Å². The predicted octanol–water partition coefficient (Wildman–Crippen LogP) is 1.69. The van der Waals surface area contributed by atoms with E-state index in [0.29, 0.717) is 0 Å².